The van der Waals surface area contributed by atoms with Gasteiger partial charge in [0.25, 0.3) is 0 Å². The van der Waals surface area contributed by atoms with Crippen LogP contribution < -0.4 is 5.32 Å². The first-order valence-corrected chi connectivity index (χ1v) is 8.00. The van der Waals surface area contributed by atoms with E-state index in [1.807, 2.05) is 6.07 Å². The average molecular weight is 256 g/mol. The molecule has 1 aromatic heterocycles. The van der Waals surface area contributed by atoms with Gasteiger partial charge in [0.1, 0.15) is 0 Å². The topological polar surface area (TPSA) is 51.1 Å². The number of aryl methyl sites for hydroxylation is 1. The van der Waals surface area contributed by atoms with Gasteiger partial charge in [-0.1, -0.05) is 6.92 Å². The van der Waals surface area contributed by atoms with E-state index in [4.69, 9.17) is 0 Å². The first-order valence-electron chi connectivity index (χ1n) is 6.18. The summed E-state index contributed by atoms with van der Waals surface area (Å²) in [5.41, 5.74) is 1.23. The summed E-state index contributed by atoms with van der Waals surface area (Å²) in [5, 5.41) is 3.34. The average Bonchev–Trinajstić information content (AvgIpc) is 2.83. The number of nitrogens with zero attached hydrogens (tertiary/aromatic N) is 1. The molecule has 1 saturated heterocycles. The number of sulfone groups is 1. The molecule has 0 bridgehead atoms. The predicted octanol–water partition coefficient (Wildman–Crippen LogP) is 1.17. The summed E-state index contributed by atoms with van der Waals surface area (Å²) in [6, 6.07) is 4.26. The van der Waals surface area contributed by atoms with Crippen LogP contribution in [0, 0.1) is 0 Å². The van der Waals surface area contributed by atoms with E-state index < -0.39 is 9.84 Å². The minimum Gasteiger partial charge on any atom is -0.350 e. The van der Waals surface area contributed by atoms with Crippen molar-refractivity contribution in [3.05, 3.63) is 24.0 Å². The molecule has 1 atom stereocenters. The van der Waals surface area contributed by atoms with Crippen LogP contribution in [0.5, 0.6) is 0 Å². The van der Waals surface area contributed by atoms with Gasteiger partial charge in [0.2, 0.25) is 0 Å². The second kappa shape index (κ2) is 5.23. The van der Waals surface area contributed by atoms with Gasteiger partial charge in [-0.15, -0.1) is 0 Å². The quantitative estimate of drug-likeness (QED) is 0.860. The van der Waals surface area contributed by atoms with E-state index in [0.717, 1.165) is 25.9 Å². The molecule has 0 spiro atoms. The lowest BCUT2D eigenvalue weighted by Gasteiger charge is -2.12. The first-order chi connectivity index (χ1) is 8.11. The molecule has 0 aromatic carbocycles. The van der Waals surface area contributed by atoms with Crippen molar-refractivity contribution in [2.75, 3.05) is 11.5 Å². The third-order valence-corrected chi connectivity index (χ3v) is 4.96. The second-order valence-electron chi connectivity index (χ2n) is 4.67. The Kier molecular flexibility index (Phi) is 3.89. The van der Waals surface area contributed by atoms with Gasteiger partial charge in [-0.3, -0.25) is 0 Å². The lowest BCUT2D eigenvalue weighted by atomic mass is 10.2. The summed E-state index contributed by atoms with van der Waals surface area (Å²) in [4.78, 5) is 0. The van der Waals surface area contributed by atoms with Crippen molar-refractivity contribution in [1.29, 1.82) is 0 Å². The number of nitrogens with one attached hydrogen (secondary N) is 1. The Hall–Kier alpha value is -0.810. The molecule has 0 saturated carbocycles. The summed E-state index contributed by atoms with van der Waals surface area (Å²) < 4.78 is 24.9. The number of hydrogen-bond acceptors (Lipinski definition) is 3. The van der Waals surface area contributed by atoms with Crippen LogP contribution in [0.2, 0.25) is 0 Å². The highest BCUT2D eigenvalue weighted by Gasteiger charge is 2.27. The molecule has 1 aliphatic rings. The molecule has 96 valence electrons. The lowest BCUT2D eigenvalue weighted by Crippen LogP contribution is -2.30. The molecule has 1 fully saturated rings. The van der Waals surface area contributed by atoms with Crippen LogP contribution in [-0.4, -0.2) is 30.5 Å². The molecule has 2 heterocycles. The number of hydrogen-bond donors (Lipinski definition) is 1. The normalized spacial score (nSPS) is 23.0. The van der Waals surface area contributed by atoms with Crippen molar-refractivity contribution in [1.82, 2.24) is 9.88 Å². The molecule has 1 aliphatic heterocycles. The number of rotatable bonds is 5. The fraction of sp³-hybridized carbons (Fsp3) is 0.667. The molecule has 5 heteroatoms. The monoisotopic (exact) mass is 256 g/mol. The van der Waals surface area contributed by atoms with Crippen molar-refractivity contribution >= 4 is 9.84 Å². The number of aromatic nitrogens is 1. The maximum atomic E-state index is 11.3. The third-order valence-electron chi connectivity index (χ3n) is 3.19. The highest BCUT2D eigenvalue weighted by atomic mass is 32.2. The van der Waals surface area contributed by atoms with Gasteiger partial charge < -0.3 is 9.88 Å². The smallest absolute Gasteiger partial charge is 0.151 e. The fourth-order valence-corrected chi connectivity index (χ4v) is 3.98. The van der Waals surface area contributed by atoms with Gasteiger partial charge in [-0.2, -0.15) is 0 Å². The van der Waals surface area contributed by atoms with Crippen molar-refractivity contribution in [3.8, 4) is 0 Å². The molecule has 17 heavy (non-hydrogen) atoms. The second-order valence-corrected chi connectivity index (χ2v) is 6.90. The Labute approximate surface area is 103 Å². The summed E-state index contributed by atoms with van der Waals surface area (Å²) in [5.74, 6) is 0.627. The molecule has 2 rings (SSSR count). The van der Waals surface area contributed by atoms with E-state index >= 15 is 0 Å². The lowest BCUT2D eigenvalue weighted by molar-refractivity contribution is 0.529. The molecule has 0 radical (unpaired) electrons. The standard InChI is InChI=1S/C12H20N2O2S/c1-2-6-14-7-3-4-12(14)9-13-11-5-8-17(15,16)10-11/h3-4,7,11,13H,2,5-6,8-10H2,1H3. The van der Waals surface area contributed by atoms with Gasteiger partial charge in [0.05, 0.1) is 11.5 Å². The van der Waals surface area contributed by atoms with E-state index in [2.05, 4.69) is 29.1 Å². The van der Waals surface area contributed by atoms with Crippen LogP contribution in [0.1, 0.15) is 25.5 Å². The zero-order chi connectivity index (χ0) is 12.3. The van der Waals surface area contributed by atoms with Crippen LogP contribution >= 0.6 is 0 Å². The van der Waals surface area contributed by atoms with Crippen molar-refractivity contribution < 1.29 is 8.42 Å². The summed E-state index contributed by atoms with van der Waals surface area (Å²) in [6.07, 6.45) is 3.93. The van der Waals surface area contributed by atoms with Crippen LogP contribution in [0.3, 0.4) is 0 Å². The van der Waals surface area contributed by atoms with Crippen LogP contribution in [0.4, 0.5) is 0 Å². The van der Waals surface area contributed by atoms with E-state index in [9.17, 15) is 8.42 Å². The molecule has 1 unspecified atom stereocenters. The molecule has 0 amide bonds. The van der Waals surface area contributed by atoms with Crippen molar-refractivity contribution in [3.63, 3.8) is 0 Å². The summed E-state index contributed by atoms with van der Waals surface area (Å²) in [6.45, 7) is 3.93. The van der Waals surface area contributed by atoms with Crippen LogP contribution in [0.15, 0.2) is 18.3 Å². The van der Waals surface area contributed by atoms with Gasteiger partial charge >= 0.3 is 0 Å². The Morgan fingerprint density at radius 2 is 2.35 bits per heavy atom. The van der Waals surface area contributed by atoms with Crippen LogP contribution in [0.25, 0.3) is 0 Å². The molecular weight excluding hydrogens is 236 g/mol. The summed E-state index contributed by atoms with van der Waals surface area (Å²) >= 11 is 0. The third kappa shape index (κ3) is 3.33. The highest BCUT2D eigenvalue weighted by molar-refractivity contribution is 7.91. The Morgan fingerprint density at radius 1 is 1.53 bits per heavy atom. The van der Waals surface area contributed by atoms with E-state index in [-0.39, 0.29) is 6.04 Å². The summed E-state index contributed by atoms with van der Waals surface area (Å²) in [7, 11) is -2.78. The van der Waals surface area contributed by atoms with Crippen LogP contribution in [-0.2, 0) is 22.9 Å². The van der Waals surface area contributed by atoms with Crippen molar-refractivity contribution in [2.45, 2.75) is 38.9 Å². The predicted molar refractivity (Wildman–Crippen MR) is 68.6 cm³/mol. The Balaban J connectivity index is 1.88. The van der Waals surface area contributed by atoms with Gasteiger partial charge in [0.15, 0.2) is 9.84 Å². The highest BCUT2D eigenvalue weighted by Crippen LogP contribution is 2.12. The Morgan fingerprint density at radius 3 is 3.00 bits per heavy atom. The maximum absolute atomic E-state index is 11.3. The van der Waals surface area contributed by atoms with Gasteiger partial charge in [-0.25, -0.2) is 8.42 Å². The minimum atomic E-state index is -2.78. The first kappa shape index (κ1) is 12.6. The zero-order valence-corrected chi connectivity index (χ0v) is 11.0. The van der Waals surface area contributed by atoms with Gasteiger partial charge in [0, 0.05) is 31.0 Å². The SMILES string of the molecule is CCCn1cccc1CNC1CCS(=O)(=O)C1. The van der Waals surface area contributed by atoms with E-state index in [1.54, 1.807) is 0 Å². The van der Waals surface area contributed by atoms with E-state index in [0.29, 0.717) is 11.5 Å². The molecular formula is C12H20N2O2S. The van der Waals surface area contributed by atoms with Gasteiger partial charge in [-0.05, 0) is 25.0 Å². The molecule has 4 nitrogen and oxygen atoms in total. The van der Waals surface area contributed by atoms with Crippen molar-refractivity contribution in [2.24, 2.45) is 0 Å². The maximum Gasteiger partial charge on any atom is 0.151 e. The largest absolute Gasteiger partial charge is 0.350 e. The fourth-order valence-electron chi connectivity index (χ4n) is 2.27. The molecule has 0 aliphatic carbocycles. The minimum absolute atomic E-state index is 0.130. The molecule has 1 N–H and O–H groups in total. The zero-order valence-electron chi connectivity index (χ0n) is 10.2. The van der Waals surface area contributed by atoms with E-state index in [1.165, 1.54) is 5.69 Å². The molecule has 1 aromatic rings. The Bertz CT molecular complexity index is 465.